The fourth-order valence-electron chi connectivity index (χ4n) is 1.31. The van der Waals surface area contributed by atoms with Gasteiger partial charge in [-0.3, -0.25) is 9.89 Å². The highest BCUT2D eigenvalue weighted by molar-refractivity contribution is 7.89. The third kappa shape index (κ3) is 3.27. The summed E-state index contributed by atoms with van der Waals surface area (Å²) in [6.45, 7) is 3.97. The van der Waals surface area contributed by atoms with Gasteiger partial charge in [-0.15, -0.1) is 0 Å². The fourth-order valence-corrected chi connectivity index (χ4v) is 2.62. The molecule has 0 bridgehead atoms. The van der Waals surface area contributed by atoms with Crippen molar-refractivity contribution in [3.63, 3.8) is 0 Å². The number of H-pyrrole nitrogens is 1. The maximum absolute atomic E-state index is 12.1. The Labute approximate surface area is 100 Å². The van der Waals surface area contributed by atoms with E-state index < -0.39 is 10.0 Å². The Morgan fingerprint density at radius 3 is 2.71 bits per heavy atom. The Kier molecular flexibility index (Phi) is 4.64. The van der Waals surface area contributed by atoms with Crippen LogP contribution in [0.1, 0.15) is 13.8 Å². The molecule has 0 spiro atoms. The van der Waals surface area contributed by atoms with Crippen molar-refractivity contribution in [1.82, 2.24) is 19.8 Å². The number of likely N-dealkylation sites (N-methyl/N-ethyl adjacent to an activating group) is 2. The highest BCUT2D eigenvalue weighted by atomic mass is 32.2. The molecule has 0 saturated heterocycles. The van der Waals surface area contributed by atoms with Crippen molar-refractivity contribution < 1.29 is 13.2 Å². The first-order chi connectivity index (χ1) is 8.02. The first kappa shape index (κ1) is 13.7. The third-order valence-corrected chi connectivity index (χ3v) is 4.04. The average Bonchev–Trinajstić information content (AvgIpc) is 2.80. The lowest BCUT2D eigenvalue weighted by Crippen LogP contribution is -2.40. The number of nitrogens with one attached hydrogen (secondary N) is 2. The zero-order valence-electron chi connectivity index (χ0n) is 9.80. The average molecular weight is 260 g/mol. The number of sulfonamides is 1. The minimum Gasteiger partial charge on any atom is -0.355 e. The van der Waals surface area contributed by atoms with Gasteiger partial charge in [0, 0.05) is 19.3 Å². The highest BCUT2D eigenvalue weighted by Gasteiger charge is 2.25. The van der Waals surface area contributed by atoms with Crippen molar-refractivity contribution in [3.8, 4) is 0 Å². The van der Waals surface area contributed by atoms with Crippen LogP contribution in [0.3, 0.4) is 0 Å². The van der Waals surface area contributed by atoms with Gasteiger partial charge in [-0.25, -0.2) is 8.42 Å². The zero-order chi connectivity index (χ0) is 12.9. The van der Waals surface area contributed by atoms with Gasteiger partial charge in [0.2, 0.25) is 15.9 Å². The van der Waals surface area contributed by atoms with Crippen molar-refractivity contribution in [2.45, 2.75) is 18.7 Å². The van der Waals surface area contributed by atoms with E-state index in [1.807, 2.05) is 0 Å². The summed E-state index contributed by atoms with van der Waals surface area (Å²) in [6.07, 6.45) is 2.51. The van der Waals surface area contributed by atoms with E-state index in [-0.39, 0.29) is 23.9 Å². The standard InChI is InChI=1S/C9H16N4O3S/c1-3-10-9(14)7-13(4-2)17(15,16)8-5-11-12-6-8/h5-6H,3-4,7H2,1-2H3,(H,10,14)(H,11,12). The van der Waals surface area contributed by atoms with E-state index in [0.717, 1.165) is 4.31 Å². The summed E-state index contributed by atoms with van der Waals surface area (Å²) in [4.78, 5) is 11.4. The number of carbonyl (C=O) groups is 1. The maximum atomic E-state index is 12.1. The monoisotopic (exact) mass is 260 g/mol. The van der Waals surface area contributed by atoms with Crippen LogP contribution in [0.25, 0.3) is 0 Å². The Balaban J connectivity index is 2.84. The number of aromatic amines is 1. The molecule has 0 fully saturated rings. The van der Waals surface area contributed by atoms with E-state index >= 15 is 0 Å². The van der Waals surface area contributed by atoms with Gasteiger partial charge in [0.1, 0.15) is 4.90 Å². The van der Waals surface area contributed by atoms with Crippen LogP contribution in [0.4, 0.5) is 0 Å². The molecule has 1 aromatic heterocycles. The lowest BCUT2D eigenvalue weighted by molar-refractivity contribution is -0.121. The molecule has 1 aromatic rings. The van der Waals surface area contributed by atoms with Gasteiger partial charge in [-0.1, -0.05) is 6.92 Å². The second kappa shape index (κ2) is 5.78. The first-order valence-corrected chi connectivity index (χ1v) is 6.72. The highest BCUT2D eigenvalue weighted by Crippen LogP contribution is 2.12. The van der Waals surface area contributed by atoms with Crippen molar-refractivity contribution >= 4 is 15.9 Å². The van der Waals surface area contributed by atoms with Gasteiger partial charge in [0.05, 0.1) is 12.7 Å². The van der Waals surface area contributed by atoms with Crippen molar-refractivity contribution in [2.24, 2.45) is 0 Å². The normalized spacial score (nSPS) is 11.7. The lowest BCUT2D eigenvalue weighted by atomic mass is 10.5. The smallest absolute Gasteiger partial charge is 0.246 e. The van der Waals surface area contributed by atoms with E-state index in [1.165, 1.54) is 12.4 Å². The van der Waals surface area contributed by atoms with Crippen LogP contribution in [0.5, 0.6) is 0 Å². The summed E-state index contributed by atoms with van der Waals surface area (Å²) >= 11 is 0. The zero-order valence-corrected chi connectivity index (χ0v) is 10.6. The summed E-state index contributed by atoms with van der Waals surface area (Å²) in [6, 6.07) is 0. The molecule has 96 valence electrons. The molecular formula is C9H16N4O3S. The molecule has 0 aliphatic rings. The molecule has 1 amide bonds. The van der Waals surface area contributed by atoms with Crippen LogP contribution in [-0.4, -0.2) is 48.5 Å². The van der Waals surface area contributed by atoms with Crippen molar-refractivity contribution in [3.05, 3.63) is 12.4 Å². The number of carbonyl (C=O) groups excluding carboxylic acids is 1. The van der Waals surface area contributed by atoms with Gasteiger partial charge in [-0.05, 0) is 6.92 Å². The van der Waals surface area contributed by atoms with Gasteiger partial charge in [0.15, 0.2) is 0 Å². The Hall–Kier alpha value is -1.41. The summed E-state index contributed by atoms with van der Waals surface area (Å²) < 4.78 is 25.2. The summed E-state index contributed by atoms with van der Waals surface area (Å²) in [5.74, 6) is -0.318. The van der Waals surface area contributed by atoms with Crippen LogP contribution >= 0.6 is 0 Å². The molecule has 1 rings (SSSR count). The minimum absolute atomic E-state index is 0.0589. The second-order valence-electron chi connectivity index (χ2n) is 3.32. The second-order valence-corrected chi connectivity index (χ2v) is 5.26. The number of hydrogen-bond donors (Lipinski definition) is 2. The number of rotatable bonds is 6. The van der Waals surface area contributed by atoms with Crippen LogP contribution in [0.15, 0.2) is 17.3 Å². The molecule has 0 saturated carbocycles. The number of nitrogens with zero attached hydrogens (tertiary/aromatic N) is 2. The molecular weight excluding hydrogens is 244 g/mol. The molecule has 0 aliphatic heterocycles. The summed E-state index contributed by atoms with van der Waals surface area (Å²) in [5.41, 5.74) is 0. The number of aromatic nitrogens is 2. The molecule has 0 atom stereocenters. The summed E-state index contributed by atoms with van der Waals surface area (Å²) in [7, 11) is -3.64. The predicted molar refractivity (Wildman–Crippen MR) is 61.7 cm³/mol. The largest absolute Gasteiger partial charge is 0.355 e. The van der Waals surface area contributed by atoms with Crippen LogP contribution in [-0.2, 0) is 14.8 Å². The third-order valence-electron chi connectivity index (χ3n) is 2.16. The molecule has 2 N–H and O–H groups in total. The SMILES string of the molecule is CCNC(=O)CN(CC)S(=O)(=O)c1cn[nH]c1. The first-order valence-electron chi connectivity index (χ1n) is 5.28. The lowest BCUT2D eigenvalue weighted by Gasteiger charge is -2.18. The number of amides is 1. The molecule has 0 aliphatic carbocycles. The molecule has 1 heterocycles. The quantitative estimate of drug-likeness (QED) is 0.724. The van der Waals surface area contributed by atoms with Crippen LogP contribution in [0.2, 0.25) is 0 Å². The molecule has 17 heavy (non-hydrogen) atoms. The Bertz CT molecular complexity index is 455. The molecule has 0 radical (unpaired) electrons. The van der Waals surface area contributed by atoms with E-state index in [0.29, 0.717) is 6.54 Å². The summed E-state index contributed by atoms with van der Waals surface area (Å²) in [5, 5.41) is 8.59. The topological polar surface area (TPSA) is 95.2 Å². The molecule has 8 heteroatoms. The van der Waals surface area contributed by atoms with Gasteiger partial charge in [0.25, 0.3) is 0 Å². The van der Waals surface area contributed by atoms with Crippen molar-refractivity contribution in [1.29, 1.82) is 0 Å². The predicted octanol–water partition coefficient (Wildman–Crippen LogP) is -0.444. The number of hydrogen-bond acceptors (Lipinski definition) is 4. The maximum Gasteiger partial charge on any atom is 0.246 e. The van der Waals surface area contributed by atoms with E-state index in [2.05, 4.69) is 15.5 Å². The van der Waals surface area contributed by atoms with E-state index in [9.17, 15) is 13.2 Å². The van der Waals surface area contributed by atoms with Crippen LogP contribution in [0, 0.1) is 0 Å². The van der Waals surface area contributed by atoms with E-state index in [1.54, 1.807) is 13.8 Å². The molecule has 0 unspecified atom stereocenters. The Morgan fingerprint density at radius 2 is 2.24 bits per heavy atom. The van der Waals surface area contributed by atoms with E-state index in [4.69, 9.17) is 0 Å². The van der Waals surface area contributed by atoms with Gasteiger partial charge < -0.3 is 5.32 Å². The van der Waals surface area contributed by atoms with Crippen LogP contribution < -0.4 is 5.32 Å². The minimum atomic E-state index is -3.64. The van der Waals surface area contributed by atoms with Gasteiger partial charge >= 0.3 is 0 Å². The Morgan fingerprint density at radius 1 is 1.53 bits per heavy atom. The molecule has 7 nitrogen and oxygen atoms in total. The van der Waals surface area contributed by atoms with Gasteiger partial charge in [-0.2, -0.15) is 9.40 Å². The fraction of sp³-hybridized carbons (Fsp3) is 0.556. The molecule has 0 aromatic carbocycles. The van der Waals surface area contributed by atoms with Crippen molar-refractivity contribution in [2.75, 3.05) is 19.6 Å².